The van der Waals surface area contributed by atoms with Gasteiger partial charge in [-0.05, 0) is 48.8 Å². The number of urea groups is 1. The van der Waals surface area contributed by atoms with Crippen LogP contribution in [0.4, 0.5) is 4.79 Å². The van der Waals surface area contributed by atoms with Crippen molar-refractivity contribution in [3.8, 4) is 5.75 Å². The van der Waals surface area contributed by atoms with Gasteiger partial charge in [-0.3, -0.25) is 4.79 Å². The van der Waals surface area contributed by atoms with E-state index in [9.17, 15) is 9.59 Å². The van der Waals surface area contributed by atoms with Gasteiger partial charge in [-0.1, -0.05) is 12.1 Å². The Morgan fingerprint density at radius 1 is 1.12 bits per heavy atom. The van der Waals surface area contributed by atoms with Gasteiger partial charge in [0, 0.05) is 12.6 Å². The molecule has 0 atom stereocenters. The molecule has 0 radical (unpaired) electrons. The lowest BCUT2D eigenvalue weighted by atomic mass is 9.50. The molecule has 1 spiro atoms. The molecular formula is C18H24N2O4. The van der Waals surface area contributed by atoms with Crippen molar-refractivity contribution in [1.29, 1.82) is 0 Å². The van der Waals surface area contributed by atoms with E-state index < -0.39 is 0 Å². The highest BCUT2D eigenvalue weighted by molar-refractivity contribution is 5.75. The van der Waals surface area contributed by atoms with Crippen molar-refractivity contribution in [3.05, 3.63) is 29.8 Å². The first-order chi connectivity index (χ1) is 11.5. The lowest BCUT2D eigenvalue weighted by Gasteiger charge is -2.56. The number of hydrogen-bond donors (Lipinski definition) is 2. The summed E-state index contributed by atoms with van der Waals surface area (Å²) in [5, 5.41) is 5.87. The van der Waals surface area contributed by atoms with Crippen molar-refractivity contribution in [1.82, 2.24) is 10.6 Å². The zero-order chi connectivity index (χ0) is 17.2. The minimum absolute atomic E-state index is 0.0554. The van der Waals surface area contributed by atoms with Gasteiger partial charge < -0.3 is 20.1 Å². The zero-order valence-electron chi connectivity index (χ0n) is 14.1. The Kier molecular flexibility index (Phi) is 4.64. The van der Waals surface area contributed by atoms with E-state index >= 15 is 0 Å². The van der Waals surface area contributed by atoms with Gasteiger partial charge in [0.25, 0.3) is 0 Å². The molecular weight excluding hydrogens is 308 g/mol. The van der Waals surface area contributed by atoms with Crippen LogP contribution in [-0.4, -0.2) is 32.3 Å². The number of ether oxygens (including phenoxy) is 2. The molecule has 6 heteroatoms. The highest BCUT2D eigenvalue weighted by Gasteiger charge is 2.55. The largest absolute Gasteiger partial charge is 0.497 e. The number of amides is 2. The minimum Gasteiger partial charge on any atom is -0.497 e. The van der Waals surface area contributed by atoms with Crippen molar-refractivity contribution < 1.29 is 19.1 Å². The van der Waals surface area contributed by atoms with Crippen LogP contribution >= 0.6 is 0 Å². The first kappa shape index (κ1) is 16.6. The molecule has 0 bridgehead atoms. The second-order valence-electron chi connectivity index (χ2n) is 6.91. The van der Waals surface area contributed by atoms with Gasteiger partial charge in [0.15, 0.2) is 0 Å². The summed E-state index contributed by atoms with van der Waals surface area (Å²) in [6.45, 7) is 0.484. The number of nitrogens with one attached hydrogen (secondary N) is 2. The van der Waals surface area contributed by atoms with Gasteiger partial charge in [0.1, 0.15) is 5.75 Å². The summed E-state index contributed by atoms with van der Waals surface area (Å²) in [4.78, 5) is 23.4. The molecule has 1 aromatic carbocycles. The summed E-state index contributed by atoms with van der Waals surface area (Å²) < 4.78 is 9.88. The summed E-state index contributed by atoms with van der Waals surface area (Å²) in [5.41, 5.74) is 1.28. The summed E-state index contributed by atoms with van der Waals surface area (Å²) in [7, 11) is 3.06. The van der Waals surface area contributed by atoms with Crippen molar-refractivity contribution >= 4 is 12.0 Å². The van der Waals surface area contributed by atoms with E-state index in [0.29, 0.717) is 6.54 Å². The highest BCUT2D eigenvalue weighted by Crippen LogP contribution is 2.58. The fraction of sp³-hybridized carbons (Fsp3) is 0.556. The quantitative estimate of drug-likeness (QED) is 0.811. The normalized spacial score (nSPS) is 27.6. The van der Waals surface area contributed by atoms with Crippen LogP contribution in [0.1, 0.15) is 31.2 Å². The van der Waals surface area contributed by atoms with Crippen LogP contribution in [0.15, 0.2) is 24.3 Å². The van der Waals surface area contributed by atoms with Crippen LogP contribution in [-0.2, 0) is 16.1 Å². The molecule has 0 unspecified atom stereocenters. The Balaban J connectivity index is 1.35. The maximum absolute atomic E-state index is 12.0. The molecule has 0 aromatic heterocycles. The van der Waals surface area contributed by atoms with E-state index in [1.807, 2.05) is 24.3 Å². The predicted molar refractivity (Wildman–Crippen MR) is 88.6 cm³/mol. The molecule has 0 aliphatic heterocycles. The average Bonchev–Trinajstić information content (AvgIpc) is 2.53. The number of rotatable bonds is 5. The van der Waals surface area contributed by atoms with Crippen LogP contribution < -0.4 is 15.4 Å². The monoisotopic (exact) mass is 332 g/mol. The molecule has 6 nitrogen and oxygen atoms in total. The molecule has 24 heavy (non-hydrogen) atoms. The van der Waals surface area contributed by atoms with Gasteiger partial charge in [0.2, 0.25) is 0 Å². The molecule has 130 valence electrons. The summed E-state index contributed by atoms with van der Waals surface area (Å²) in [5.74, 6) is 0.753. The van der Waals surface area contributed by atoms with E-state index in [-0.39, 0.29) is 29.4 Å². The molecule has 0 saturated heterocycles. The van der Waals surface area contributed by atoms with Crippen LogP contribution in [0.3, 0.4) is 0 Å². The van der Waals surface area contributed by atoms with Crippen LogP contribution in [0, 0.1) is 11.3 Å². The smallest absolute Gasteiger partial charge is 0.315 e. The summed E-state index contributed by atoms with van der Waals surface area (Å²) in [6, 6.07) is 7.67. The molecule has 0 heterocycles. The average molecular weight is 332 g/mol. The Morgan fingerprint density at radius 2 is 1.79 bits per heavy atom. The topological polar surface area (TPSA) is 76.7 Å². The molecule has 2 fully saturated rings. The maximum Gasteiger partial charge on any atom is 0.315 e. The Hall–Kier alpha value is -2.24. The van der Waals surface area contributed by atoms with E-state index in [4.69, 9.17) is 9.47 Å². The molecule has 2 aliphatic rings. The highest BCUT2D eigenvalue weighted by atomic mass is 16.5. The van der Waals surface area contributed by atoms with Gasteiger partial charge in [-0.2, -0.15) is 0 Å². The molecule has 2 saturated carbocycles. The van der Waals surface area contributed by atoms with Gasteiger partial charge in [-0.25, -0.2) is 4.79 Å². The second kappa shape index (κ2) is 6.71. The molecule has 2 amide bonds. The standard InChI is InChI=1S/C18H24N2O4/c1-23-15-5-3-12(4-6-15)11-19-17(22)20-14-9-18(10-14)7-13(8-18)16(21)24-2/h3-6,13-14H,7-11H2,1-2H3,(H2,19,20,22). The predicted octanol–water partition coefficient (Wildman–Crippen LogP) is 2.23. The van der Waals surface area contributed by atoms with Crippen molar-refractivity contribution in [2.75, 3.05) is 14.2 Å². The fourth-order valence-corrected chi connectivity index (χ4v) is 3.90. The first-order valence-corrected chi connectivity index (χ1v) is 8.29. The summed E-state index contributed by atoms with van der Waals surface area (Å²) >= 11 is 0. The Bertz CT molecular complexity index is 600. The van der Waals surface area contributed by atoms with Gasteiger partial charge in [0.05, 0.1) is 20.1 Å². The van der Waals surface area contributed by atoms with Crippen molar-refractivity contribution in [2.24, 2.45) is 11.3 Å². The zero-order valence-corrected chi connectivity index (χ0v) is 14.1. The van der Waals surface area contributed by atoms with Crippen molar-refractivity contribution in [2.45, 2.75) is 38.3 Å². The Labute approximate surface area is 141 Å². The van der Waals surface area contributed by atoms with Crippen LogP contribution in [0.25, 0.3) is 0 Å². The number of methoxy groups -OCH3 is 2. The lowest BCUT2D eigenvalue weighted by Crippen LogP contribution is -2.58. The number of hydrogen-bond acceptors (Lipinski definition) is 4. The van der Waals surface area contributed by atoms with Gasteiger partial charge in [-0.15, -0.1) is 0 Å². The molecule has 2 aliphatic carbocycles. The third kappa shape index (κ3) is 3.47. The number of carbonyl (C=O) groups is 2. The number of carbonyl (C=O) groups excluding carboxylic acids is 2. The van der Waals surface area contributed by atoms with Crippen LogP contribution in [0.5, 0.6) is 5.75 Å². The third-order valence-corrected chi connectivity index (χ3v) is 5.20. The number of esters is 1. The molecule has 3 rings (SSSR count). The lowest BCUT2D eigenvalue weighted by molar-refractivity contribution is -0.159. The molecule has 1 aromatic rings. The van der Waals surface area contributed by atoms with Gasteiger partial charge >= 0.3 is 12.0 Å². The number of benzene rings is 1. The van der Waals surface area contributed by atoms with Crippen LogP contribution in [0.2, 0.25) is 0 Å². The van der Waals surface area contributed by atoms with E-state index in [1.54, 1.807) is 7.11 Å². The Morgan fingerprint density at radius 3 is 2.38 bits per heavy atom. The third-order valence-electron chi connectivity index (χ3n) is 5.20. The van der Waals surface area contributed by atoms with Crippen molar-refractivity contribution in [3.63, 3.8) is 0 Å². The minimum atomic E-state index is -0.144. The SMILES string of the molecule is COC(=O)C1CC2(CC(NC(=O)NCc3ccc(OC)cc3)C2)C1. The second-order valence-corrected chi connectivity index (χ2v) is 6.91. The summed E-state index contributed by atoms with van der Waals surface area (Å²) in [6.07, 6.45) is 3.70. The molecule has 2 N–H and O–H groups in total. The first-order valence-electron chi connectivity index (χ1n) is 8.29. The fourth-order valence-electron chi connectivity index (χ4n) is 3.90. The van der Waals surface area contributed by atoms with E-state index in [1.165, 1.54) is 7.11 Å². The van der Waals surface area contributed by atoms with E-state index in [0.717, 1.165) is 37.0 Å². The van der Waals surface area contributed by atoms with E-state index in [2.05, 4.69) is 10.6 Å². The maximum atomic E-state index is 12.0.